The van der Waals surface area contributed by atoms with Crippen LogP contribution in [0.2, 0.25) is 10.0 Å². The van der Waals surface area contributed by atoms with Crippen LogP contribution in [-0.4, -0.2) is 16.2 Å². The number of benzene rings is 3. The van der Waals surface area contributed by atoms with E-state index in [2.05, 4.69) is 5.16 Å². The van der Waals surface area contributed by atoms with Crippen molar-refractivity contribution in [3.05, 3.63) is 104 Å². The van der Waals surface area contributed by atoms with Gasteiger partial charge in [-0.25, -0.2) is 4.79 Å². The lowest BCUT2D eigenvalue weighted by molar-refractivity contribution is 0.0697. The molecule has 2 aromatic heterocycles. The third-order valence-electron chi connectivity index (χ3n) is 6.11. The molecular formula is C29H21Cl2NO6. The van der Waals surface area contributed by atoms with Gasteiger partial charge in [0.25, 0.3) is 0 Å². The van der Waals surface area contributed by atoms with Gasteiger partial charge in [0.05, 0.1) is 32.1 Å². The topological polar surface area (TPSA) is 103 Å². The molecule has 0 radical (unpaired) electrons. The largest absolute Gasteiger partial charge is 0.489 e. The molecule has 0 bridgehead atoms. The standard InChI is InChI=1S/C29H21Cl2NO6/c1-15(2)28-21(26(32-38-28)25-22(30)4-3-5-23(25)31)14-36-18-10-11-19-24(12-18)37-13-20(27(19)33)16-6-8-17(9-7-16)29(34)35/h3-13,15H,14H2,1-2H3,(H,34,35). The number of nitrogens with zero attached hydrogens (tertiary/aromatic N) is 1. The van der Waals surface area contributed by atoms with E-state index in [0.29, 0.717) is 54.9 Å². The van der Waals surface area contributed by atoms with Crippen LogP contribution in [0.25, 0.3) is 33.4 Å². The summed E-state index contributed by atoms with van der Waals surface area (Å²) in [5, 5.41) is 14.6. The molecule has 0 saturated heterocycles. The first kappa shape index (κ1) is 25.6. The zero-order chi connectivity index (χ0) is 27.0. The first-order valence-electron chi connectivity index (χ1n) is 11.7. The van der Waals surface area contributed by atoms with Gasteiger partial charge in [-0.05, 0) is 42.0 Å². The Kier molecular flexibility index (Phi) is 6.97. The Balaban J connectivity index is 1.45. The molecule has 0 aliphatic carbocycles. The SMILES string of the molecule is CC(C)c1onc(-c2c(Cl)cccc2Cl)c1COc1ccc2c(=O)c(-c3ccc(C(=O)O)cc3)coc2c1. The van der Waals surface area contributed by atoms with Crippen LogP contribution in [0.5, 0.6) is 5.75 Å². The van der Waals surface area contributed by atoms with E-state index < -0.39 is 5.97 Å². The van der Waals surface area contributed by atoms with Crippen molar-refractivity contribution in [1.82, 2.24) is 5.16 Å². The Labute approximate surface area is 227 Å². The number of carboxylic acid groups (broad SMARTS) is 1. The van der Waals surface area contributed by atoms with Gasteiger partial charge >= 0.3 is 5.97 Å². The molecule has 0 aliphatic rings. The Morgan fingerprint density at radius 3 is 2.42 bits per heavy atom. The average Bonchev–Trinajstić information content (AvgIpc) is 3.31. The van der Waals surface area contributed by atoms with Crippen LogP contribution in [0.1, 0.15) is 41.4 Å². The number of fused-ring (bicyclic) bond motifs is 1. The van der Waals surface area contributed by atoms with Crippen molar-refractivity contribution < 1.29 is 23.6 Å². The molecule has 192 valence electrons. The monoisotopic (exact) mass is 549 g/mol. The first-order chi connectivity index (χ1) is 18.2. The summed E-state index contributed by atoms with van der Waals surface area (Å²) < 4.78 is 17.5. The van der Waals surface area contributed by atoms with Gasteiger partial charge in [-0.1, -0.05) is 60.4 Å². The van der Waals surface area contributed by atoms with Crippen LogP contribution in [0.15, 0.2) is 80.7 Å². The molecule has 7 nitrogen and oxygen atoms in total. The van der Waals surface area contributed by atoms with E-state index in [1.54, 1.807) is 48.5 Å². The predicted molar refractivity (Wildman–Crippen MR) is 145 cm³/mol. The Morgan fingerprint density at radius 2 is 1.76 bits per heavy atom. The highest BCUT2D eigenvalue weighted by molar-refractivity contribution is 6.39. The second kappa shape index (κ2) is 10.4. The van der Waals surface area contributed by atoms with Crippen molar-refractivity contribution in [2.24, 2.45) is 0 Å². The average molecular weight is 550 g/mol. The van der Waals surface area contributed by atoms with Crippen molar-refractivity contribution in [2.45, 2.75) is 26.4 Å². The Morgan fingerprint density at radius 1 is 1.05 bits per heavy atom. The fourth-order valence-corrected chi connectivity index (χ4v) is 4.76. The van der Waals surface area contributed by atoms with E-state index in [-0.39, 0.29) is 23.5 Å². The summed E-state index contributed by atoms with van der Waals surface area (Å²) in [5.74, 6) is 0.130. The normalized spacial score (nSPS) is 11.3. The Hall–Kier alpha value is -4.07. The molecule has 0 amide bonds. The highest BCUT2D eigenvalue weighted by atomic mass is 35.5. The predicted octanol–water partition coefficient (Wildman–Crippen LogP) is 7.82. The second-order valence-corrected chi connectivity index (χ2v) is 9.75. The molecule has 1 N–H and O–H groups in total. The maximum atomic E-state index is 13.1. The summed E-state index contributed by atoms with van der Waals surface area (Å²) in [7, 11) is 0. The lowest BCUT2D eigenvalue weighted by Gasteiger charge is -2.11. The summed E-state index contributed by atoms with van der Waals surface area (Å²) in [6.07, 6.45) is 1.36. The molecule has 5 rings (SSSR count). The van der Waals surface area contributed by atoms with Crippen molar-refractivity contribution in [3.8, 4) is 28.1 Å². The molecular weight excluding hydrogens is 529 g/mol. The molecule has 2 heterocycles. The van der Waals surface area contributed by atoms with E-state index in [1.807, 2.05) is 13.8 Å². The van der Waals surface area contributed by atoms with Crippen molar-refractivity contribution in [1.29, 1.82) is 0 Å². The van der Waals surface area contributed by atoms with Crippen LogP contribution in [-0.2, 0) is 6.61 Å². The minimum atomic E-state index is -1.04. The molecule has 38 heavy (non-hydrogen) atoms. The zero-order valence-electron chi connectivity index (χ0n) is 20.3. The minimum Gasteiger partial charge on any atom is -0.489 e. The summed E-state index contributed by atoms with van der Waals surface area (Å²) in [6, 6.07) is 16.2. The van der Waals surface area contributed by atoms with Gasteiger partial charge in [0.1, 0.15) is 35.7 Å². The van der Waals surface area contributed by atoms with Crippen molar-refractivity contribution in [2.75, 3.05) is 0 Å². The lowest BCUT2D eigenvalue weighted by Crippen LogP contribution is -2.06. The van der Waals surface area contributed by atoms with Crippen LogP contribution < -0.4 is 10.2 Å². The number of rotatable bonds is 7. The van der Waals surface area contributed by atoms with E-state index in [9.17, 15) is 9.59 Å². The Bertz CT molecular complexity index is 1700. The van der Waals surface area contributed by atoms with E-state index >= 15 is 0 Å². The van der Waals surface area contributed by atoms with Gasteiger partial charge in [0, 0.05) is 17.5 Å². The lowest BCUT2D eigenvalue weighted by atomic mass is 10.0. The number of hydrogen-bond acceptors (Lipinski definition) is 6. The van der Waals surface area contributed by atoms with Gasteiger partial charge in [0.15, 0.2) is 5.43 Å². The quantitative estimate of drug-likeness (QED) is 0.220. The van der Waals surface area contributed by atoms with Crippen LogP contribution in [0.3, 0.4) is 0 Å². The van der Waals surface area contributed by atoms with Gasteiger partial charge in [-0.2, -0.15) is 0 Å². The summed E-state index contributed by atoms with van der Waals surface area (Å²) in [4.78, 5) is 24.2. The number of carboxylic acids is 1. The van der Waals surface area contributed by atoms with Crippen LogP contribution >= 0.6 is 23.2 Å². The number of carbonyl (C=O) groups is 1. The summed E-state index contributed by atoms with van der Waals surface area (Å²) in [6.45, 7) is 4.09. The number of hydrogen-bond donors (Lipinski definition) is 1. The molecule has 0 saturated carbocycles. The zero-order valence-corrected chi connectivity index (χ0v) is 21.8. The molecule has 0 atom stereocenters. The number of aromatic carboxylic acids is 1. The van der Waals surface area contributed by atoms with Crippen LogP contribution in [0.4, 0.5) is 0 Å². The number of halogens is 2. The molecule has 0 spiro atoms. The van der Waals surface area contributed by atoms with Crippen LogP contribution in [0, 0.1) is 0 Å². The first-order valence-corrected chi connectivity index (χ1v) is 12.4. The van der Waals surface area contributed by atoms with Gasteiger partial charge in [-0.3, -0.25) is 4.79 Å². The maximum Gasteiger partial charge on any atom is 0.335 e. The number of ether oxygens (including phenoxy) is 1. The molecule has 0 unspecified atom stereocenters. The summed E-state index contributed by atoms with van der Waals surface area (Å²) in [5.41, 5.74) is 2.93. The highest BCUT2D eigenvalue weighted by Crippen LogP contribution is 2.39. The molecule has 5 aromatic rings. The molecule has 3 aromatic carbocycles. The highest BCUT2D eigenvalue weighted by Gasteiger charge is 2.24. The van der Waals surface area contributed by atoms with Crippen molar-refractivity contribution in [3.63, 3.8) is 0 Å². The summed E-state index contributed by atoms with van der Waals surface area (Å²) >= 11 is 12.9. The third-order valence-corrected chi connectivity index (χ3v) is 6.74. The smallest absolute Gasteiger partial charge is 0.335 e. The molecule has 0 aliphatic heterocycles. The van der Waals surface area contributed by atoms with Gasteiger partial charge in [0.2, 0.25) is 0 Å². The second-order valence-electron chi connectivity index (χ2n) is 8.93. The van der Waals surface area contributed by atoms with E-state index in [0.717, 1.165) is 5.56 Å². The van der Waals surface area contributed by atoms with E-state index in [1.165, 1.54) is 18.4 Å². The number of aromatic nitrogens is 1. The van der Waals surface area contributed by atoms with Gasteiger partial charge < -0.3 is 18.8 Å². The molecule has 9 heteroatoms. The maximum absolute atomic E-state index is 13.1. The minimum absolute atomic E-state index is 0.0359. The van der Waals surface area contributed by atoms with Crippen molar-refractivity contribution >= 4 is 40.1 Å². The molecule has 0 fully saturated rings. The van der Waals surface area contributed by atoms with Gasteiger partial charge in [-0.15, -0.1) is 0 Å². The third kappa shape index (κ3) is 4.78. The fourth-order valence-electron chi connectivity index (χ4n) is 4.18. The van der Waals surface area contributed by atoms with E-state index in [4.69, 9.17) is 42.0 Å². The fraction of sp³-hybridized carbons (Fsp3) is 0.138.